The molecule has 0 radical (unpaired) electrons. The summed E-state index contributed by atoms with van der Waals surface area (Å²) >= 11 is 0. The molecule has 114 valence electrons. The molecule has 0 spiro atoms. The van der Waals surface area contributed by atoms with Gasteiger partial charge in [-0.2, -0.15) is 0 Å². The molecular weight excluding hydrogens is 300 g/mol. The second-order valence-electron chi connectivity index (χ2n) is 5.39. The molecule has 1 fully saturated rings. The molecule has 0 unspecified atom stereocenters. The van der Waals surface area contributed by atoms with Crippen LogP contribution in [-0.2, 0) is 0 Å². The Labute approximate surface area is 129 Å². The minimum atomic E-state index is -0.832. The Morgan fingerprint density at radius 3 is 1.95 bits per heavy atom. The summed E-state index contributed by atoms with van der Waals surface area (Å²) in [6.07, 6.45) is 8.63. The third-order valence-corrected chi connectivity index (χ3v) is 9.78. The fourth-order valence-electron chi connectivity index (χ4n) is 2.96. The average molecular weight is 322 g/mol. The number of furan rings is 2. The Bertz CT molecular complexity index is 480. The Balaban J connectivity index is 1.84. The van der Waals surface area contributed by atoms with Gasteiger partial charge in [0, 0.05) is 0 Å². The van der Waals surface area contributed by atoms with Crippen LogP contribution in [0.1, 0.15) is 39.5 Å². The van der Waals surface area contributed by atoms with Crippen LogP contribution in [0.25, 0.3) is 4.86 Å². The lowest BCUT2D eigenvalue weighted by atomic mass is 10.1. The Hall–Kier alpha value is -0.620. The average Bonchev–Trinajstić information content (AvgIpc) is 3.24. The van der Waals surface area contributed by atoms with Crippen molar-refractivity contribution in [2.45, 2.75) is 50.8 Å². The van der Waals surface area contributed by atoms with Gasteiger partial charge >= 0.3 is 0 Å². The van der Waals surface area contributed by atoms with Crippen LogP contribution in [0.5, 0.6) is 0 Å². The van der Waals surface area contributed by atoms with Crippen molar-refractivity contribution >= 4 is 27.1 Å². The molecule has 0 N–H and O–H groups in total. The summed E-state index contributed by atoms with van der Waals surface area (Å²) in [5.74, 6) is 0. The Morgan fingerprint density at radius 2 is 1.57 bits per heavy atom. The number of hydrogen-bond acceptors (Lipinski definition) is 2. The van der Waals surface area contributed by atoms with Crippen molar-refractivity contribution < 1.29 is 8.83 Å². The van der Waals surface area contributed by atoms with Gasteiger partial charge < -0.3 is 13.7 Å². The van der Waals surface area contributed by atoms with Crippen molar-refractivity contribution in [1.82, 2.24) is 0 Å². The van der Waals surface area contributed by atoms with Crippen molar-refractivity contribution in [2.24, 2.45) is 0 Å². The molecule has 3 nitrogen and oxygen atoms in total. The molecule has 3 rings (SSSR count). The predicted octanol–water partition coefficient (Wildman–Crippen LogP) is 5.34. The van der Waals surface area contributed by atoms with Gasteiger partial charge in [-0.25, -0.2) is 8.07 Å². The minimum absolute atomic E-state index is 0.287. The standard InChI is InChI=1S/C16H22NO2P2/c1-3-13-9-10-14(4-2)20(13)17-21(15-7-5-11-18-15)16-8-6-12-19-16/h5-8,11-14H,3-4,9-10H2,1-2H3/q-1/t13-,14-/m1/s1. The van der Waals surface area contributed by atoms with E-state index in [1.807, 2.05) is 24.3 Å². The van der Waals surface area contributed by atoms with E-state index in [4.69, 9.17) is 13.7 Å². The molecule has 1 aliphatic heterocycles. The maximum Gasteiger partial charge on any atom is 0.112 e. The lowest BCUT2D eigenvalue weighted by Gasteiger charge is -2.43. The summed E-state index contributed by atoms with van der Waals surface area (Å²) in [7, 11) is -1.12. The van der Waals surface area contributed by atoms with E-state index in [2.05, 4.69) is 13.8 Å². The molecule has 0 amide bonds. The molecule has 3 heterocycles. The van der Waals surface area contributed by atoms with Gasteiger partial charge in [0.25, 0.3) is 0 Å². The monoisotopic (exact) mass is 322 g/mol. The molecule has 0 aromatic carbocycles. The molecule has 0 aliphatic carbocycles. The molecule has 1 aliphatic rings. The van der Waals surface area contributed by atoms with E-state index in [9.17, 15) is 0 Å². The van der Waals surface area contributed by atoms with Gasteiger partial charge in [-0.3, -0.25) is 0 Å². The van der Waals surface area contributed by atoms with E-state index < -0.39 is 8.07 Å². The third-order valence-electron chi connectivity index (χ3n) is 4.15. The molecule has 2 atom stereocenters. The van der Waals surface area contributed by atoms with Crippen LogP contribution in [-0.4, -0.2) is 11.3 Å². The quantitative estimate of drug-likeness (QED) is 0.673. The van der Waals surface area contributed by atoms with E-state index in [0.29, 0.717) is 0 Å². The summed E-state index contributed by atoms with van der Waals surface area (Å²) in [5, 5.41) is 0. The van der Waals surface area contributed by atoms with Crippen LogP contribution in [0.2, 0.25) is 0 Å². The molecular formula is C16H22NO2P2-. The first-order valence-corrected chi connectivity index (χ1v) is 10.4. The van der Waals surface area contributed by atoms with Gasteiger partial charge in [-0.15, -0.1) is 0 Å². The van der Waals surface area contributed by atoms with Crippen molar-refractivity contribution in [3.8, 4) is 0 Å². The Kier molecular flexibility index (Phi) is 5.16. The zero-order chi connectivity index (χ0) is 14.7. The smallest absolute Gasteiger partial charge is 0.112 e. The second-order valence-corrected chi connectivity index (χ2v) is 9.83. The molecule has 21 heavy (non-hydrogen) atoms. The lowest BCUT2D eigenvalue weighted by molar-refractivity contribution is 0.593. The van der Waals surface area contributed by atoms with Crippen LogP contribution in [0.4, 0.5) is 0 Å². The zero-order valence-electron chi connectivity index (χ0n) is 12.6. The van der Waals surface area contributed by atoms with Crippen LogP contribution in [0, 0.1) is 0 Å². The summed E-state index contributed by atoms with van der Waals surface area (Å²) < 4.78 is 11.3. The second kappa shape index (κ2) is 7.09. The molecule has 0 bridgehead atoms. The van der Waals surface area contributed by atoms with Crippen LogP contribution < -0.4 is 11.0 Å². The molecule has 5 heteroatoms. The van der Waals surface area contributed by atoms with Gasteiger partial charge in [0.2, 0.25) is 0 Å². The number of rotatable bonds is 6. The SMILES string of the molecule is CC[C@@H]1CC[C@@H](CC)P1[N-]P(c1ccco1)c1ccco1. The highest BCUT2D eigenvalue weighted by Gasteiger charge is 2.28. The van der Waals surface area contributed by atoms with Crippen LogP contribution in [0.15, 0.2) is 45.6 Å². The normalized spacial score (nSPS) is 23.2. The topological polar surface area (TPSA) is 40.4 Å². The van der Waals surface area contributed by atoms with E-state index in [1.54, 1.807) is 12.5 Å². The lowest BCUT2D eigenvalue weighted by Crippen LogP contribution is -2.09. The van der Waals surface area contributed by atoms with Crippen molar-refractivity contribution in [1.29, 1.82) is 0 Å². The number of hydrogen-bond donors (Lipinski definition) is 0. The molecule has 2 aromatic heterocycles. The molecule has 0 saturated carbocycles. The first-order valence-electron chi connectivity index (χ1n) is 7.70. The van der Waals surface area contributed by atoms with Crippen molar-refractivity contribution in [3.05, 3.63) is 41.6 Å². The predicted molar refractivity (Wildman–Crippen MR) is 91.3 cm³/mol. The van der Waals surface area contributed by atoms with Crippen LogP contribution >= 0.6 is 16.1 Å². The first kappa shape index (κ1) is 15.3. The van der Waals surface area contributed by atoms with Crippen molar-refractivity contribution in [2.75, 3.05) is 0 Å². The van der Waals surface area contributed by atoms with Gasteiger partial charge in [-0.1, -0.05) is 34.8 Å². The highest BCUT2D eigenvalue weighted by Crippen LogP contribution is 2.69. The highest BCUT2D eigenvalue weighted by atomic mass is 31.2. The largest absolute Gasteiger partial charge is 0.597 e. The third kappa shape index (κ3) is 3.26. The van der Waals surface area contributed by atoms with E-state index in [1.165, 1.54) is 25.7 Å². The summed E-state index contributed by atoms with van der Waals surface area (Å²) in [6, 6.07) is 7.95. The van der Waals surface area contributed by atoms with E-state index in [-0.39, 0.29) is 8.07 Å². The maximum atomic E-state index is 5.65. The van der Waals surface area contributed by atoms with Gasteiger partial charge in [0.1, 0.15) is 11.0 Å². The van der Waals surface area contributed by atoms with Crippen molar-refractivity contribution in [3.63, 3.8) is 0 Å². The summed E-state index contributed by atoms with van der Waals surface area (Å²) in [6.45, 7) is 4.60. The van der Waals surface area contributed by atoms with E-state index in [0.717, 1.165) is 22.3 Å². The van der Waals surface area contributed by atoms with Gasteiger partial charge in [-0.05, 0) is 48.4 Å². The molecule has 2 aromatic rings. The van der Waals surface area contributed by atoms with Crippen LogP contribution in [0.3, 0.4) is 0 Å². The molecule has 1 saturated heterocycles. The summed E-state index contributed by atoms with van der Waals surface area (Å²) in [4.78, 5) is 5.31. The Morgan fingerprint density at radius 1 is 1.05 bits per heavy atom. The minimum Gasteiger partial charge on any atom is -0.597 e. The summed E-state index contributed by atoms with van der Waals surface area (Å²) in [5.41, 5.74) is 3.47. The van der Waals surface area contributed by atoms with Gasteiger partial charge in [0.15, 0.2) is 0 Å². The first-order chi connectivity index (χ1) is 10.3. The number of nitrogens with zero attached hydrogens (tertiary/aromatic N) is 1. The fraction of sp³-hybridized carbons (Fsp3) is 0.500. The van der Waals surface area contributed by atoms with E-state index >= 15 is 0 Å². The fourth-order valence-corrected chi connectivity index (χ4v) is 8.82. The zero-order valence-corrected chi connectivity index (χ0v) is 14.4. The maximum absolute atomic E-state index is 5.65. The highest BCUT2D eigenvalue weighted by molar-refractivity contribution is 7.87. The van der Waals surface area contributed by atoms with Gasteiger partial charge in [0.05, 0.1) is 12.5 Å².